The largest absolute Gasteiger partial charge is 0.487 e. The summed E-state index contributed by atoms with van der Waals surface area (Å²) in [4.78, 5) is 23.7. The topological polar surface area (TPSA) is 81.9 Å². The van der Waals surface area contributed by atoms with Gasteiger partial charge in [0.1, 0.15) is 12.7 Å². The van der Waals surface area contributed by atoms with Gasteiger partial charge in [-0.05, 0) is 11.6 Å². The monoisotopic (exact) mass is 374 g/mol. The molecule has 1 aliphatic rings. The highest BCUT2D eigenvalue weighted by Gasteiger charge is 2.26. The second-order valence-corrected chi connectivity index (χ2v) is 6.22. The first-order chi connectivity index (χ1) is 13.0. The predicted molar refractivity (Wildman–Crippen MR) is 94.9 cm³/mol. The van der Waals surface area contributed by atoms with Crippen molar-refractivity contribution in [3.63, 3.8) is 0 Å². The molecule has 27 heavy (non-hydrogen) atoms. The Morgan fingerprint density at radius 1 is 1.19 bits per heavy atom. The third-order valence-electron chi connectivity index (χ3n) is 4.33. The Morgan fingerprint density at radius 3 is 2.52 bits per heavy atom. The van der Waals surface area contributed by atoms with Crippen molar-refractivity contribution in [1.29, 1.82) is 0 Å². The summed E-state index contributed by atoms with van der Waals surface area (Å²) in [7, 11) is 0. The van der Waals surface area contributed by atoms with Crippen LogP contribution >= 0.6 is 0 Å². The second kappa shape index (κ2) is 8.48. The molecule has 0 radical (unpaired) electrons. The molecule has 7 nitrogen and oxygen atoms in total. The van der Waals surface area contributed by atoms with Gasteiger partial charge < -0.3 is 14.4 Å². The number of rotatable bonds is 5. The summed E-state index contributed by atoms with van der Waals surface area (Å²) in [6, 6.07) is 12.7. The van der Waals surface area contributed by atoms with Gasteiger partial charge in [0.05, 0.1) is 11.0 Å². The van der Waals surface area contributed by atoms with E-state index >= 15 is 0 Å². The number of non-ortho nitro benzene ring substituents is 1. The number of nitrogens with zero attached hydrogens (tertiary/aromatic N) is 2. The molecule has 0 unspecified atom stereocenters. The van der Waals surface area contributed by atoms with E-state index in [0.29, 0.717) is 25.9 Å². The summed E-state index contributed by atoms with van der Waals surface area (Å²) in [6.45, 7) is 1.09. The van der Waals surface area contributed by atoms with Crippen molar-refractivity contribution in [2.75, 3.05) is 13.1 Å². The zero-order valence-corrected chi connectivity index (χ0v) is 14.5. The molecule has 0 N–H and O–H groups in total. The Labute approximate surface area is 155 Å². The van der Waals surface area contributed by atoms with Gasteiger partial charge in [-0.2, -0.15) is 0 Å². The van der Waals surface area contributed by atoms with E-state index < -0.39 is 10.7 Å². The Balaban J connectivity index is 1.47. The molecule has 1 saturated heterocycles. The molecule has 0 saturated carbocycles. The van der Waals surface area contributed by atoms with Crippen LogP contribution in [-0.2, 0) is 11.3 Å². The quantitative estimate of drug-likeness (QED) is 0.585. The molecule has 0 bridgehead atoms. The van der Waals surface area contributed by atoms with E-state index in [2.05, 4.69) is 0 Å². The van der Waals surface area contributed by atoms with E-state index in [1.807, 2.05) is 30.3 Å². The van der Waals surface area contributed by atoms with E-state index in [9.17, 15) is 19.3 Å². The highest BCUT2D eigenvalue weighted by Crippen LogP contribution is 2.26. The lowest BCUT2D eigenvalue weighted by atomic mass is 10.1. The average Bonchev–Trinajstić information content (AvgIpc) is 2.69. The molecule has 0 spiro atoms. The van der Waals surface area contributed by atoms with Gasteiger partial charge in [-0.3, -0.25) is 10.1 Å². The fraction of sp³-hybridized carbons (Fsp3) is 0.316. The maximum Gasteiger partial charge on any atom is 0.410 e. The number of likely N-dealkylation sites (tertiary alicyclic amines) is 1. The van der Waals surface area contributed by atoms with Gasteiger partial charge in [0.25, 0.3) is 5.69 Å². The van der Waals surface area contributed by atoms with Crippen LogP contribution < -0.4 is 4.74 Å². The van der Waals surface area contributed by atoms with Crippen LogP contribution in [0.25, 0.3) is 0 Å². The minimum absolute atomic E-state index is 0.0225. The van der Waals surface area contributed by atoms with Crippen LogP contribution in [0.1, 0.15) is 18.4 Å². The third kappa shape index (κ3) is 4.93. The Hall–Kier alpha value is -3.16. The van der Waals surface area contributed by atoms with Crippen molar-refractivity contribution in [3.8, 4) is 5.75 Å². The normalized spacial score (nSPS) is 14.6. The van der Waals surface area contributed by atoms with E-state index in [4.69, 9.17) is 9.47 Å². The van der Waals surface area contributed by atoms with Crippen LogP contribution in [-0.4, -0.2) is 35.1 Å². The van der Waals surface area contributed by atoms with Gasteiger partial charge >= 0.3 is 6.09 Å². The lowest BCUT2D eigenvalue weighted by Crippen LogP contribution is -2.42. The van der Waals surface area contributed by atoms with Crippen LogP contribution in [0, 0.1) is 15.9 Å². The zero-order chi connectivity index (χ0) is 19.2. The van der Waals surface area contributed by atoms with Gasteiger partial charge in [-0.15, -0.1) is 0 Å². The van der Waals surface area contributed by atoms with Crippen LogP contribution in [0.4, 0.5) is 14.9 Å². The number of ether oxygens (including phenoxy) is 2. The highest BCUT2D eigenvalue weighted by molar-refractivity contribution is 5.67. The van der Waals surface area contributed by atoms with Crippen molar-refractivity contribution in [1.82, 2.24) is 4.90 Å². The molecule has 1 heterocycles. The number of piperidine rings is 1. The number of halogens is 1. The minimum atomic E-state index is -0.770. The van der Waals surface area contributed by atoms with Crippen LogP contribution in [0.2, 0.25) is 0 Å². The first kappa shape index (κ1) is 18.6. The number of benzene rings is 2. The molecular weight excluding hydrogens is 355 g/mol. The number of nitro benzene ring substituents is 1. The summed E-state index contributed by atoms with van der Waals surface area (Å²) < 4.78 is 24.8. The first-order valence-electron chi connectivity index (χ1n) is 8.59. The second-order valence-electron chi connectivity index (χ2n) is 6.22. The molecule has 1 aliphatic heterocycles. The first-order valence-corrected chi connectivity index (χ1v) is 8.59. The van der Waals surface area contributed by atoms with Crippen LogP contribution in [0.3, 0.4) is 0 Å². The van der Waals surface area contributed by atoms with Crippen molar-refractivity contribution in [2.45, 2.75) is 25.6 Å². The molecule has 1 fully saturated rings. The third-order valence-corrected chi connectivity index (χ3v) is 4.33. The van der Waals surface area contributed by atoms with E-state index in [0.717, 1.165) is 11.6 Å². The molecule has 142 valence electrons. The predicted octanol–water partition coefficient (Wildman–Crippen LogP) is 3.91. The molecule has 1 amide bonds. The maximum atomic E-state index is 13.9. The number of carbonyl (C=O) groups is 1. The highest BCUT2D eigenvalue weighted by atomic mass is 19.1. The molecule has 3 rings (SSSR count). The molecule has 0 aliphatic carbocycles. The zero-order valence-electron chi connectivity index (χ0n) is 14.5. The van der Waals surface area contributed by atoms with Crippen molar-refractivity contribution in [2.24, 2.45) is 0 Å². The fourth-order valence-electron chi connectivity index (χ4n) is 2.85. The van der Waals surface area contributed by atoms with Gasteiger partial charge in [0.2, 0.25) is 0 Å². The lowest BCUT2D eigenvalue weighted by Gasteiger charge is -2.31. The minimum Gasteiger partial charge on any atom is -0.487 e. The lowest BCUT2D eigenvalue weighted by molar-refractivity contribution is -0.385. The number of amides is 1. The molecule has 2 aromatic rings. The fourth-order valence-corrected chi connectivity index (χ4v) is 2.85. The summed E-state index contributed by atoms with van der Waals surface area (Å²) in [5.74, 6) is -0.792. The number of hydrogen-bond acceptors (Lipinski definition) is 5. The Morgan fingerprint density at radius 2 is 1.89 bits per heavy atom. The summed E-state index contributed by atoms with van der Waals surface area (Å²) in [5, 5.41) is 10.6. The van der Waals surface area contributed by atoms with Gasteiger partial charge in [0.15, 0.2) is 11.6 Å². The smallest absolute Gasteiger partial charge is 0.410 e. The summed E-state index contributed by atoms with van der Waals surface area (Å²) in [6.07, 6.45) is 0.395. The number of carbonyl (C=O) groups excluding carboxylic acids is 1. The Bertz CT molecular complexity index is 807. The number of nitro groups is 1. The van der Waals surface area contributed by atoms with Gasteiger partial charge in [-0.25, -0.2) is 9.18 Å². The average molecular weight is 374 g/mol. The SMILES string of the molecule is O=C(OCc1ccccc1)N1CCC(Oc2ccc([N+](=O)[O-])cc2F)CC1. The van der Waals surface area contributed by atoms with Crippen molar-refractivity contribution >= 4 is 11.8 Å². The molecule has 0 aromatic heterocycles. The van der Waals surface area contributed by atoms with Crippen LogP contribution in [0.15, 0.2) is 48.5 Å². The van der Waals surface area contributed by atoms with Crippen molar-refractivity contribution < 1.29 is 23.6 Å². The molecule has 0 atom stereocenters. The van der Waals surface area contributed by atoms with Crippen molar-refractivity contribution in [3.05, 3.63) is 70.0 Å². The van der Waals surface area contributed by atoms with Gasteiger partial charge in [0, 0.05) is 32.0 Å². The van der Waals surface area contributed by atoms with E-state index in [1.165, 1.54) is 12.1 Å². The molecule has 2 aromatic carbocycles. The summed E-state index contributed by atoms with van der Waals surface area (Å²) >= 11 is 0. The van der Waals surface area contributed by atoms with Gasteiger partial charge in [-0.1, -0.05) is 30.3 Å². The maximum absolute atomic E-state index is 13.9. The molecular formula is C19H19FN2O5. The standard InChI is InChI=1S/C19H19FN2O5/c20-17-12-15(22(24)25)6-7-18(17)27-16-8-10-21(11-9-16)19(23)26-13-14-4-2-1-3-5-14/h1-7,12,16H,8-11,13H2. The van der Waals surface area contributed by atoms with E-state index in [-0.39, 0.29) is 30.2 Å². The van der Waals surface area contributed by atoms with E-state index in [1.54, 1.807) is 4.90 Å². The van der Waals surface area contributed by atoms with Crippen LogP contribution in [0.5, 0.6) is 5.75 Å². The summed E-state index contributed by atoms with van der Waals surface area (Å²) in [5.41, 5.74) is 0.591. The number of hydrogen-bond donors (Lipinski definition) is 0. The Kier molecular flexibility index (Phi) is 5.85. The molecule has 8 heteroatoms.